The van der Waals surface area contributed by atoms with Crippen molar-refractivity contribution in [3.63, 3.8) is 0 Å². The van der Waals surface area contributed by atoms with Gasteiger partial charge in [0.1, 0.15) is 24.7 Å². The van der Waals surface area contributed by atoms with E-state index in [9.17, 15) is 0 Å². The number of nitrogens with zero attached hydrogens (tertiary/aromatic N) is 1. The molecule has 0 N–H and O–H groups in total. The molecule has 0 aliphatic carbocycles. The van der Waals surface area contributed by atoms with E-state index in [-0.39, 0.29) is 6.10 Å². The topological polar surface area (TPSA) is 63.0 Å². The Bertz CT molecular complexity index is 859. The van der Waals surface area contributed by atoms with Crippen LogP contribution in [-0.2, 0) is 11.3 Å². The van der Waals surface area contributed by atoms with Gasteiger partial charge in [-0.25, -0.2) is 0 Å². The number of fused-ring (bicyclic) bond motifs is 1. The van der Waals surface area contributed by atoms with E-state index in [1.807, 2.05) is 54.6 Å². The summed E-state index contributed by atoms with van der Waals surface area (Å²) in [5, 5.41) is 4.09. The highest BCUT2D eigenvalue weighted by Crippen LogP contribution is 2.31. The van der Waals surface area contributed by atoms with Gasteiger partial charge in [0.15, 0.2) is 23.4 Å². The highest BCUT2D eigenvalue weighted by atomic mass is 16.6. The van der Waals surface area contributed by atoms with E-state index in [0.717, 1.165) is 28.5 Å². The second-order valence-electron chi connectivity index (χ2n) is 5.92. The molecule has 2 heterocycles. The number of para-hydroxylation sites is 2. The van der Waals surface area contributed by atoms with Gasteiger partial charge in [-0.15, -0.1) is 0 Å². The summed E-state index contributed by atoms with van der Waals surface area (Å²) in [6.45, 7) is 1.20. The predicted molar refractivity (Wildman–Crippen MR) is 94.5 cm³/mol. The first-order valence-electron chi connectivity index (χ1n) is 8.38. The summed E-state index contributed by atoms with van der Waals surface area (Å²) in [7, 11) is 1.64. The van der Waals surface area contributed by atoms with Crippen LogP contribution >= 0.6 is 0 Å². The highest BCUT2D eigenvalue weighted by Gasteiger charge is 2.20. The van der Waals surface area contributed by atoms with E-state index in [1.165, 1.54) is 0 Å². The summed E-state index contributed by atoms with van der Waals surface area (Å²) in [5.74, 6) is 2.97. The molecule has 2 aromatic carbocycles. The van der Waals surface area contributed by atoms with Crippen LogP contribution in [0.3, 0.4) is 0 Å². The van der Waals surface area contributed by atoms with E-state index >= 15 is 0 Å². The van der Waals surface area contributed by atoms with Crippen molar-refractivity contribution in [2.75, 3.05) is 20.3 Å². The Kier molecular flexibility index (Phi) is 4.75. The molecule has 4 rings (SSSR count). The predicted octanol–water partition coefficient (Wildman–Crippen LogP) is 3.71. The highest BCUT2D eigenvalue weighted by molar-refractivity contribution is 5.59. The molecule has 1 aromatic heterocycles. The van der Waals surface area contributed by atoms with Crippen LogP contribution in [-0.4, -0.2) is 31.6 Å². The number of aromatic nitrogens is 1. The molecule has 0 bridgehead atoms. The van der Waals surface area contributed by atoms with Gasteiger partial charge in [0.05, 0.1) is 13.7 Å². The van der Waals surface area contributed by atoms with E-state index in [4.69, 9.17) is 23.5 Å². The molecule has 0 saturated heterocycles. The lowest BCUT2D eigenvalue weighted by atomic mass is 10.1. The van der Waals surface area contributed by atoms with Gasteiger partial charge in [-0.05, 0) is 36.4 Å². The first kappa shape index (κ1) is 16.5. The number of methoxy groups -OCH3 is 1. The molecule has 1 atom stereocenters. The minimum Gasteiger partial charge on any atom is -0.497 e. The van der Waals surface area contributed by atoms with Gasteiger partial charge < -0.3 is 23.5 Å². The molecule has 26 heavy (non-hydrogen) atoms. The number of ether oxygens (including phenoxy) is 4. The number of rotatable bonds is 6. The first-order valence-corrected chi connectivity index (χ1v) is 8.38. The van der Waals surface area contributed by atoms with Crippen LogP contribution in [0, 0.1) is 0 Å². The molecule has 1 aliphatic rings. The zero-order chi connectivity index (χ0) is 17.8. The minimum absolute atomic E-state index is 0.145. The Morgan fingerprint density at radius 1 is 1.08 bits per heavy atom. The monoisotopic (exact) mass is 353 g/mol. The van der Waals surface area contributed by atoms with Gasteiger partial charge in [0.25, 0.3) is 0 Å². The summed E-state index contributed by atoms with van der Waals surface area (Å²) in [5.41, 5.74) is 1.72. The van der Waals surface area contributed by atoms with Crippen molar-refractivity contribution >= 4 is 0 Å². The summed E-state index contributed by atoms with van der Waals surface area (Å²) in [6, 6.07) is 17.1. The average molecular weight is 353 g/mol. The van der Waals surface area contributed by atoms with Crippen molar-refractivity contribution in [1.82, 2.24) is 5.16 Å². The molecule has 3 aromatic rings. The Balaban J connectivity index is 1.30. The van der Waals surface area contributed by atoms with Crippen LogP contribution in [0.4, 0.5) is 0 Å². The van der Waals surface area contributed by atoms with Crippen molar-refractivity contribution in [3.8, 4) is 28.5 Å². The fourth-order valence-corrected chi connectivity index (χ4v) is 2.72. The smallest absolute Gasteiger partial charge is 0.163 e. The third-order valence-corrected chi connectivity index (χ3v) is 4.06. The molecule has 0 amide bonds. The number of hydrogen-bond acceptors (Lipinski definition) is 6. The van der Waals surface area contributed by atoms with Crippen LogP contribution in [0.5, 0.6) is 17.2 Å². The molecule has 6 nitrogen and oxygen atoms in total. The minimum atomic E-state index is -0.145. The van der Waals surface area contributed by atoms with Crippen LogP contribution in [0.1, 0.15) is 5.76 Å². The fourth-order valence-electron chi connectivity index (χ4n) is 2.72. The molecular formula is C20H19NO5. The van der Waals surface area contributed by atoms with Crippen molar-refractivity contribution in [1.29, 1.82) is 0 Å². The van der Waals surface area contributed by atoms with Crippen molar-refractivity contribution in [3.05, 3.63) is 60.4 Å². The zero-order valence-corrected chi connectivity index (χ0v) is 14.4. The quantitative estimate of drug-likeness (QED) is 0.673. The zero-order valence-electron chi connectivity index (χ0n) is 14.4. The molecule has 0 radical (unpaired) electrons. The van der Waals surface area contributed by atoms with Crippen LogP contribution in [0.25, 0.3) is 11.3 Å². The summed E-state index contributed by atoms with van der Waals surface area (Å²) in [6.07, 6.45) is -0.145. The Morgan fingerprint density at radius 3 is 2.69 bits per heavy atom. The van der Waals surface area contributed by atoms with Crippen LogP contribution in [0.15, 0.2) is 59.1 Å². The standard InChI is InChI=1S/C20H19NO5/c1-22-15-8-6-14(7-9-15)18-10-16(26-21-18)11-23-12-17-13-24-19-4-2-3-5-20(19)25-17/h2-10,17H,11-13H2,1H3. The fraction of sp³-hybridized carbons (Fsp3) is 0.250. The summed E-state index contributed by atoms with van der Waals surface area (Å²) in [4.78, 5) is 0. The lowest BCUT2D eigenvalue weighted by Gasteiger charge is -2.26. The Morgan fingerprint density at radius 2 is 1.88 bits per heavy atom. The number of benzene rings is 2. The van der Waals surface area contributed by atoms with E-state index < -0.39 is 0 Å². The van der Waals surface area contributed by atoms with Gasteiger partial charge in [-0.1, -0.05) is 17.3 Å². The molecule has 134 valence electrons. The third kappa shape index (κ3) is 3.65. The van der Waals surface area contributed by atoms with E-state index in [1.54, 1.807) is 7.11 Å². The molecule has 1 unspecified atom stereocenters. The maximum Gasteiger partial charge on any atom is 0.163 e. The molecule has 0 spiro atoms. The molecule has 0 saturated carbocycles. The normalized spacial score (nSPS) is 15.7. The largest absolute Gasteiger partial charge is 0.497 e. The first-order chi connectivity index (χ1) is 12.8. The van der Waals surface area contributed by atoms with E-state index in [2.05, 4.69) is 5.16 Å². The molecule has 6 heteroatoms. The van der Waals surface area contributed by atoms with Gasteiger partial charge in [-0.3, -0.25) is 0 Å². The van der Waals surface area contributed by atoms with Gasteiger partial charge in [0.2, 0.25) is 0 Å². The third-order valence-electron chi connectivity index (χ3n) is 4.06. The van der Waals surface area contributed by atoms with Crippen LogP contribution in [0.2, 0.25) is 0 Å². The molecular weight excluding hydrogens is 334 g/mol. The van der Waals surface area contributed by atoms with Gasteiger partial charge in [-0.2, -0.15) is 0 Å². The van der Waals surface area contributed by atoms with Gasteiger partial charge in [0, 0.05) is 11.6 Å². The molecule has 0 fully saturated rings. The SMILES string of the molecule is COc1ccc(-c2cc(COCC3COc4ccccc4O3)on2)cc1. The number of hydrogen-bond donors (Lipinski definition) is 0. The van der Waals surface area contributed by atoms with Crippen molar-refractivity contribution in [2.24, 2.45) is 0 Å². The maximum absolute atomic E-state index is 5.86. The van der Waals surface area contributed by atoms with Crippen molar-refractivity contribution < 1.29 is 23.5 Å². The lowest BCUT2D eigenvalue weighted by Crippen LogP contribution is -2.33. The Hall–Kier alpha value is -2.99. The van der Waals surface area contributed by atoms with Crippen LogP contribution < -0.4 is 14.2 Å². The maximum atomic E-state index is 5.86. The second kappa shape index (κ2) is 7.49. The summed E-state index contributed by atoms with van der Waals surface area (Å²) >= 11 is 0. The van der Waals surface area contributed by atoms with Gasteiger partial charge >= 0.3 is 0 Å². The Labute approximate surface area is 151 Å². The summed E-state index contributed by atoms with van der Waals surface area (Å²) < 4.78 is 27.7. The average Bonchev–Trinajstić information content (AvgIpc) is 3.17. The second-order valence-corrected chi connectivity index (χ2v) is 5.92. The van der Waals surface area contributed by atoms with E-state index in [0.29, 0.717) is 25.6 Å². The molecule has 1 aliphatic heterocycles. The van der Waals surface area contributed by atoms with Crippen molar-refractivity contribution in [2.45, 2.75) is 12.7 Å². The lowest BCUT2D eigenvalue weighted by molar-refractivity contribution is -0.00263.